The third-order valence-electron chi connectivity index (χ3n) is 7.60. The monoisotopic (exact) mass is 475 g/mol. The molecule has 1 aromatic heterocycles. The van der Waals surface area contributed by atoms with Gasteiger partial charge in [0.2, 0.25) is 0 Å². The van der Waals surface area contributed by atoms with Crippen LogP contribution in [0.3, 0.4) is 0 Å². The van der Waals surface area contributed by atoms with Crippen molar-refractivity contribution >= 4 is 11.6 Å². The van der Waals surface area contributed by atoms with Gasteiger partial charge in [-0.3, -0.25) is 0 Å². The van der Waals surface area contributed by atoms with Crippen molar-refractivity contribution in [3.8, 4) is 0 Å². The molecule has 33 heavy (non-hydrogen) atoms. The Hall–Kier alpha value is -1.75. The predicted molar refractivity (Wildman–Crippen MR) is 112 cm³/mol. The minimum atomic E-state index is -4.65. The van der Waals surface area contributed by atoms with Gasteiger partial charge in [0.05, 0.1) is 6.54 Å². The van der Waals surface area contributed by atoms with E-state index in [0.717, 1.165) is 64.6 Å². The van der Waals surface area contributed by atoms with E-state index in [0.29, 0.717) is 17.8 Å². The lowest BCUT2D eigenvalue weighted by atomic mass is 10.00. The maximum absolute atomic E-state index is 13.8. The fourth-order valence-corrected chi connectivity index (χ4v) is 5.94. The second-order valence-electron chi connectivity index (χ2n) is 10.1. The SMILES string of the molecule is FC1(F)CCN(c2cc(C(F)(F)F)c(NC3C[C@@H]4CN(CC5CCOCC5)C[C@H]4C3)nn2)C1. The summed E-state index contributed by atoms with van der Waals surface area (Å²) >= 11 is 0. The number of alkyl halides is 5. The number of aromatic nitrogens is 2. The fourth-order valence-electron chi connectivity index (χ4n) is 5.94. The van der Waals surface area contributed by atoms with Crippen molar-refractivity contribution in [3.63, 3.8) is 0 Å². The molecule has 4 heterocycles. The Balaban J connectivity index is 1.21. The van der Waals surface area contributed by atoms with Crippen molar-refractivity contribution in [2.45, 2.75) is 50.2 Å². The van der Waals surface area contributed by atoms with Crippen LogP contribution in [0.4, 0.5) is 33.6 Å². The molecule has 0 amide bonds. The predicted octanol–water partition coefficient (Wildman–Crippen LogP) is 3.89. The molecule has 0 radical (unpaired) electrons. The lowest BCUT2D eigenvalue weighted by molar-refractivity contribution is -0.137. The van der Waals surface area contributed by atoms with Crippen molar-refractivity contribution in [3.05, 3.63) is 11.6 Å². The van der Waals surface area contributed by atoms with Crippen LogP contribution in [0.2, 0.25) is 0 Å². The number of likely N-dealkylation sites (tertiary alicyclic amines) is 1. The molecule has 1 N–H and O–H groups in total. The summed E-state index contributed by atoms with van der Waals surface area (Å²) in [6.45, 7) is 4.04. The van der Waals surface area contributed by atoms with Crippen LogP contribution in [-0.2, 0) is 10.9 Å². The van der Waals surface area contributed by atoms with Crippen molar-refractivity contribution < 1.29 is 26.7 Å². The van der Waals surface area contributed by atoms with Gasteiger partial charge < -0.3 is 19.9 Å². The molecular weight excluding hydrogens is 445 g/mol. The van der Waals surface area contributed by atoms with Crippen LogP contribution < -0.4 is 10.2 Å². The third-order valence-corrected chi connectivity index (χ3v) is 7.60. The molecule has 184 valence electrons. The number of nitrogens with one attached hydrogen (secondary N) is 1. The third kappa shape index (κ3) is 5.18. The number of rotatable bonds is 5. The van der Waals surface area contributed by atoms with E-state index in [-0.39, 0.29) is 24.2 Å². The molecule has 3 saturated heterocycles. The van der Waals surface area contributed by atoms with E-state index >= 15 is 0 Å². The molecule has 3 aliphatic heterocycles. The molecule has 0 aromatic carbocycles. The van der Waals surface area contributed by atoms with Gasteiger partial charge in [-0.1, -0.05) is 0 Å². The minimum absolute atomic E-state index is 0.0396. The van der Waals surface area contributed by atoms with E-state index in [1.807, 2.05) is 0 Å². The topological polar surface area (TPSA) is 53.5 Å². The summed E-state index contributed by atoms with van der Waals surface area (Å²) in [5, 5.41) is 10.6. The molecule has 11 heteroatoms. The highest BCUT2D eigenvalue weighted by Gasteiger charge is 2.44. The molecule has 1 saturated carbocycles. The van der Waals surface area contributed by atoms with E-state index in [1.165, 1.54) is 4.90 Å². The highest BCUT2D eigenvalue weighted by Crippen LogP contribution is 2.42. The van der Waals surface area contributed by atoms with Gasteiger partial charge in [-0.2, -0.15) is 13.2 Å². The molecule has 1 aromatic rings. The molecular formula is C22H30F5N5O. The first kappa shape index (κ1) is 23.0. The van der Waals surface area contributed by atoms with Crippen molar-refractivity contribution in [2.24, 2.45) is 17.8 Å². The molecule has 0 unspecified atom stereocenters. The highest BCUT2D eigenvalue weighted by atomic mass is 19.4. The Morgan fingerprint density at radius 2 is 1.79 bits per heavy atom. The molecule has 2 atom stereocenters. The Morgan fingerprint density at radius 3 is 2.39 bits per heavy atom. The smallest absolute Gasteiger partial charge is 0.381 e. The van der Waals surface area contributed by atoms with E-state index < -0.39 is 30.6 Å². The van der Waals surface area contributed by atoms with Crippen molar-refractivity contribution in [1.82, 2.24) is 15.1 Å². The summed E-state index contributed by atoms with van der Waals surface area (Å²) < 4.78 is 73.7. The van der Waals surface area contributed by atoms with Crippen LogP contribution in [0.5, 0.6) is 0 Å². The lowest BCUT2D eigenvalue weighted by Gasteiger charge is -2.28. The summed E-state index contributed by atoms with van der Waals surface area (Å²) in [5.74, 6) is -1.77. The molecule has 0 bridgehead atoms. The van der Waals surface area contributed by atoms with Gasteiger partial charge in [0.1, 0.15) is 5.56 Å². The van der Waals surface area contributed by atoms with Crippen LogP contribution in [0.1, 0.15) is 37.7 Å². The Morgan fingerprint density at radius 1 is 1.09 bits per heavy atom. The van der Waals surface area contributed by atoms with Crippen LogP contribution >= 0.6 is 0 Å². The number of hydrogen-bond donors (Lipinski definition) is 1. The Kier molecular flexibility index (Phi) is 6.13. The minimum Gasteiger partial charge on any atom is -0.381 e. The van der Waals surface area contributed by atoms with E-state index in [9.17, 15) is 22.0 Å². The summed E-state index contributed by atoms with van der Waals surface area (Å²) in [6, 6.07) is 0.755. The number of anilines is 2. The number of nitrogens with zero attached hydrogens (tertiary/aromatic N) is 4. The molecule has 4 aliphatic rings. The average Bonchev–Trinajstić information content (AvgIpc) is 3.41. The zero-order valence-corrected chi connectivity index (χ0v) is 18.5. The fraction of sp³-hybridized carbons (Fsp3) is 0.818. The largest absolute Gasteiger partial charge is 0.420 e. The molecule has 1 aliphatic carbocycles. The first-order valence-corrected chi connectivity index (χ1v) is 11.8. The van der Waals surface area contributed by atoms with Gasteiger partial charge in [0.25, 0.3) is 5.92 Å². The van der Waals surface area contributed by atoms with Crippen LogP contribution in [0.25, 0.3) is 0 Å². The summed E-state index contributed by atoms with van der Waals surface area (Å²) in [4.78, 5) is 3.67. The summed E-state index contributed by atoms with van der Waals surface area (Å²) in [5.41, 5.74) is -0.944. The lowest BCUT2D eigenvalue weighted by Crippen LogP contribution is -2.32. The maximum Gasteiger partial charge on any atom is 0.420 e. The molecule has 5 rings (SSSR count). The second-order valence-corrected chi connectivity index (χ2v) is 10.1. The van der Waals surface area contributed by atoms with Crippen LogP contribution in [0.15, 0.2) is 6.07 Å². The molecule has 4 fully saturated rings. The zero-order chi connectivity index (χ0) is 23.2. The van der Waals surface area contributed by atoms with E-state index in [4.69, 9.17) is 4.74 Å². The molecule has 0 spiro atoms. The number of fused-ring (bicyclic) bond motifs is 1. The normalized spacial score (nSPS) is 29.1. The number of ether oxygens (including phenoxy) is 1. The van der Waals surface area contributed by atoms with E-state index in [1.54, 1.807) is 0 Å². The zero-order valence-electron chi connectivity index (χ0n) is 18.5. The molecule has 6 nitrogen and oxygen atoms in total. The van der Waals surface area contributed by atoms with E-state index in [2.05, 4.69) is 20.4 Å². The number of halogens is 5. The van der Waals surface area contributed by atoms with Crippen LogP contribution in [0, 0.1) is 17.8 Å². The van der Waals surface area contributed by atoms with Gasteiger partial charge in [0, 0.05) is 51.9 Å². The second kappa shape index (κ2) is 8.79. The maximum atomic E-state index is 13.8. The van der Waals surface area contributed by atoms with Crippen LogP contribution in [-0.4, -0.2) is 73.0 Å². The van der Waals surface area contributed by atoms with Crippen molar-refractivity contribution in [1.29, 1.82) is 0 Å². The first-order chi connectivity index (χ1) is 15.7. The Labute approximate surface area is 189 Å². The van der Waals surface area contributed by atoms with Crippen molar-refractivity contribution in [2.75, 3.05) is 56.2 Å². The van der Waals surface area contributed by atoms with Gasteiger partial charge in [0.15, 0.2) is 11.6 Å². The van der Waals surface area contributed by atoms with Gasteiger partial charge in [-0.05, 0) is 49.5 Å². The van der Waals surface area contributed by atoms with Gasteiger partial charge in [-0.25, -0.2) is 8.78 Å². The summed E-state index contributed by atoms with van der Waals surface area (Å²) in [6.07, 6.45) is -1.25. The van der Waals surface area contributed by atoms with Gasteiger partial charge >= 0.3 is 6.18 Å². The highest BCUT2D eigenvalue weighted by molar-refractivity contribution is 5.53. The van der Waals surface area contributed by atoms with Gasteiger partial charge in [-0.15, -0.1) is 10.2 Å². The summed E-state index contributed by atoms with van der Waals surface area (Å²) in [7, 11) is 0. The first-order valence-electron chi connectivity index (χ1n) is 11.8. The number of hydrogen-bond acceptors (Lipinski definition) is 6. The average molecular weight is 476 g/mol. The quantitative estimate of drug-likeness (QED) is 0.653. The Bertz CT molecular complexity index is 833. The standard InChI is InChI=1S/C22H30F5N5O/c23-21(24)3-4-32(13-21)19-9-18(22(25,26)27)20(30-29-19)28-17-7-15-11-31(12-16(15)8-17)10-14-1-5-33-6-2-14/h9,14-17H,1-8,10-13H2,(H,28,30)/t15-,16-/m1/s1.